The van der Waals surface area contributed by atoms with Crippen LogP contribution in [-0.2, 0) is 6.18 Å². The number of methoxy groups -OCH3 is 1. The van der Waals surface area contributed by atoms with Crippen LogP contribution < -0.4 is 4.74 Å². The fraction of sp³-hybridized carbons (Fsp3) is 0.294. The van der Waals surface area contributed by atoms with Crippen LogP contribution in [-0.4, -0.2) is 11.4 Å². The van der Waals surface area contributed by atoms with E-state index in [1.807, 2.05) is 0 Å². The van der Waals surface area contributed by atoms with Crippen molar-refractivity contribution in [2.24, 2.45) is 0 Å². The average molecular weight is 396 g/mol. The van der Waals surface area contributed by atoms with Crippen LogP contribution in [0.5, 0.6) is 5.75 Å². The Balaban J connectivity index is 1.96. The minimum Gasteiger partial charge on any atom is -0.497 e. The Bertz CT molecular complexity index is 757. The van der Waals surface area contributed by atoms with E-state index in [4.69, 9.17) is 39.5 Å². The van der Waals surface area contributed by atoms with Crippen molar-refractivity contribution >= 4 is 34.8 Å². The minimum absolute atomic E-state index is 0.00402. The van der Waals surface area contributed by atoms with Crippen molar-refractivity contribution in [3.05, 3.63) is 64.2 Å². The van der Waals surface area contributed by atoms with Gasteiger partial charge in [-0.05, 0) is 41.5 Å². The molecule has 7 heteroatoms. The van der Waals surface area contributed by atoms with Gasteiger partial charge in [0.1, 0.15) is 10.1 Å². The molecular weight excluding hydrogens is 384 g/mol. The summed E-state index contributed by atoms with van der Waals surface area (Å²) in [5, 5.41) is 0.00402. The van der Waals surface area contributed by atoms with Crippen LogP contribution in [0.15, 0.2) is 42.5 Å². The van der Waals surface area contributed by atoms with E-state index < -0.39 is 22.0 Å². The molecule has 0 spiro atoms. The molecule has 1 saturated carbocycles. The van der Waals surface area contributed by atoms with Gasteiger partial charge in [-0.1, -0.05) is 23.7 Å². The number of benzene rings is 2. The van der Waals surface area contributed by atoms with Crippen LogP contribution in [0.4, 0.5) is 13.2 Å². The maximum absolute atomic E-state index is 13.0. The lowest BCUT2D eigenvalue weighted by Crippen LogP contribution is -2.06. The Morgan fingerprint density at radius 3 is 2.08 bits per heavy atom. The first-order chi connectivity index (χ1) is 11.1. The first-order valence-electron chi connectivity index (χ1n) is 7.04. The molecule has 0 bridgehead atoms. The van der Waals surface area contributed by atoms with Gasteiger partial charge < -0.3 is 4.74 Å². The van der Waals surface area contributed by atoms with Crippen LogP contribution in [0, 0.1) is 0 Å². The van der Waals surface area contributed by atoms with Gasteiger partial charge in [0.05, 0.1) is 12.7 Å². The number of halogens is 6. The van der Waals surface area contributed by atoms with Crippen molar-refractivity contribution in [1.29, 1.82) is 0 Å². The molecule has 3 rings (SSSR count). The molecule has 2 atom stereocenters. The zero-order valence-corrected chi connectivity index (χ0v) is 14.6. The second-order valence-corrected chi connectivity index (χ2v) is 7.55. The summed E-state index contributed by atoms with van der Waals surface area (Å²) < 4.78 is 42.9. The molecule has 1 aliphatic carbocycles. The Morgan fingerprint density at radius 2 is 1.54 bits per heavy atom. The highest BCUT2D eigenvalue weighted by atomic mass is 35.5. The van der Waals surface area contributed by atoms with Gasteiger partial charge in [-0.3, -0.25) is 0 Å². The Kier molecular flexibility index (Phi) is 4.44. The largest absolute Gasteiger partial charge is 0.497 e. The Hall–Kier alpha value is -1.10. The second kappa shape index (κ2) is 6.01. The van der Waals surface area contributed by atoms with Crippen molar-refractivity contribution < 1.29 is 17.9 Å². The maximum Gasteiger partial charge on any atom is 0.416 e. The quantitative estimate of drug-likeness (QED) is 0.545. The van der Waals surface area contributed by atoms with E-state index in [0.717, 1.165) is 17.7 Å². The van der Waals surface area contributed by atoms with Gasteiger partial charge in [0, 0.05) is 16.9 Å². The Morgan fingerprint density at radius 1 is 0.958 bits per heavy atom. The lowest BCUT2D eigenvalue weighted by atomic mass is 10.0. The summed E-state index contributed by atoms with van der Waals surface area (Å²) in [6.45, 7) is 0. The molecule has 128 valence electrons. The van der Waals surface area contributed by atoms with Gasteiger partial charge in [0.15, 0.2) is 0 Å². The first kappa shape index (κ1) is 17.7. The molecule has 1 fully saturated rings. The van der Waals surface area contributed by atoms with E-state index in [9.17, 15) is 13.2 Å². The fourth-order valence-electron chi connectivity index (χ4n) is 2.92. The predicted molar refractivity (Wildman–Crippen MR) is 89.4 cm³/mol. The van der Waals surface area contributed by atoms with E-state index >= 15 is 0 Å². The number of hydrogen-bond acceptors (Lipinski definition) is 1. The normalized spacial score (nSPS) is 22.3. The van der Waals surface area contributed by atoms with Crippen molar-refractivity contribution in [2.45, 2.75) is 22.3 Å². The molecule has 0 aliphatic heterocycles. The highest BCUT2D eigenvalue weighted by molar-refractivity contribution is 6.52. The molecule has 0 N–H and O–H groups in total. The van der Waals surface area contributed by atoms with E-state index in [-0.39, 0.29) is 10.9 Å². The molecule has 0 saturated heterocycles. The summed E-state index contributed by atoms with van der Waals surface area (Å²) in [6, 6.07) is 10.5. The molecule has 1 aliphatic rings. The van der Waals surface area contributed by atoms with Crippen molar-refractivity contribution in [2.75, 3.05) is 7.11 Å². The molecule has 1 nitrogen and oxygen atoms in total. The third-order valence-corrected chi connectivity index (χ3v) is 5.29. The zero-order chi connectivity index (χ0) is 17.7. The van der Waals surface area contributed by atoms with Gasteiger partial charge in [-0.2, -0.15) is 13.2 Å². The van der Waals surface area contributed by atoms with Gasteiger partial charge in [0.2, 0.25) is 0 Å². The van der Waals surface area contributed by atoms with E-state index in [2.05, 4.69) is 0 Å². The molecule has 2 aromatic rings. The zero-order valence-electron chi connectivity index (χ0n) is 12.4. The lowest BCUT2D eigenvalue weighted by molar-refractivity contribution is -0.137. The lowest BCUT2D eigenvalue weighted by Gasteiger charge is -2.10. The van der Waals surface area contributed by atoms with E-state index in [1.165, 1.54) is 6.07 Å². The summed E-state index contributed by atoms with van der Waals surface area (Å²) in [4.78, 5) is 0. The third-order valence-electron chi connectivity index (χ3n) is 4.14. The standard InChI is InChI=1S/C17H12Cl3F3O/c1-24-13-4-2-9(3-5-13)14-15(16(14,19)20)10-6-11(17(21,22)23)8-12(18)7-10/h2-8,14-15H,1H3/t14-,15-/m1/s1. The number of alkyl halides is 5. The SMILES string of the molecule is COc1ccc([C@@H]2[C@@H](c3cc(Cl)cc(C(F)(F)F)c3)C2(Cl)Cl)cc1. The second-order valence-electron chi connectivity index (χ2n) is 5.67. The monoisotopic (exact) mass is 394 g/mol. The number of hydrogen-bond donors (Lipinski definition) is 0. The summed E-state index contributed by atoms with van der Waals surface area (Å²) >= 11 is 18.5. The Labute approximate surface area is 152 Å². The van der Waals surface area contributed by atoms with Crippen LogP contribution in [0.25, 0.3) is 0 Å². The molecule has 2 aromatic carbocycles. The summed E-state index contributed by atoms with van der Waals surface area (Å²) in [6.07, 6.45) is -4.48. The van der Waals surface area contributed by atoms with Gasteiger partial charge in [-0.15, -0.1) is 23.2 Å². The fourth-order valence-corrected chi connectivity index (χ4v) is 4.05. The minimum atomic E-state index is -4.48. The smallest absolute Gasteiger partial charge is 0.416 e. The molecule has 0 heterocycles. The van der Waals surface area contributed by atoms with Gasteiger partial charge in [-0.25, -0.2) is 0 Å². The van der Waals surface area contributed by atoms with Gasteiger partial charge in [0.25, 0.3) is 0 Å². The van der Waals surface area contributed by atoms with Crippen molar-refractivity contribution in [3.63, 3.8) is 0 Å². The third kappa shape index (κ3) is 3.19. The average Bonchev–Trinajstić information content (AvgIpc) is 3.08. The molecule has 0 aromatic heterocycles. The summed E-state index contributed by atoms with van der Waals surface area (Å²) in [7, 11) is 1.55. The highest BCUT2D eigenvalue weighted by Crippen LogP contribution is 2.70. The van der Waals surface area contributed by atoms with E-state index in [1.54, 1.807) is 31.4 Å². The molecule has 0 radical (unpaired) electrons. The first-order valence-corrected chi connectivity index (χ1v) is 8.17. The van der Waals surface area contributed by atoms with Crippen LogP contribution in [0.1, 0.15) is 28.5 Å². The van der Waals surface area contributed by atoms with Crippen LogP contribution in [0.3, 0.4) is 0 Å². The summed E-state index contributed by atoms with van der Waals surface area (Å²) in [5.41, 5.74) is 0.398. The number of rotatable bonds is 3. The van der Waals surface area contributed by atoms with Crippen molar-refractivity contribution in [1.82, 2.24) is 0 Å². The maximum atomic E-state index is 13.0. The van der Waals surface area contributed by atoms with Gasteiger partial charge >= 0.3 is 6.18 Å². The van der Waals surface area contributed by atoms with Crippen molar-refractivity contribution in [3.8, 4) is 5.75 Å². The molecular formula is C17H12Cl3F3O. The number of ether oxygens (including phenoxy) is 1. The van der Waals surface area contributed by atoms with Crippen LogP contribution in [0.2, 0.25) is 5.02 Å². The molecule has 24 heavy (non-hydrogen) atoms. The topological polar surface area (TPSA) is 9.23 Å². The molecule has 0 unspecified atom stereocenters. The van der Waals surface area contributed by atoms with Crippen LogP contribution >= 0.6 is 34.8 Å². The highest BCUT2D eigenvalue weighted by Gasteiger charge is 2.64. The molecule has 0 amide bonds. The summed E-state index contributed by atoms with van der Waals surface area (Å²) in [5.74, 6) is -0.104. The predicted octanol–water partition coefficient (Wildman–Crippen LogP) is 6.42. The van der Waals surface area contributed by atoms with E-state index in [0.29, 0.717) is 11.3 Å².